The number of rotatable bonds is 7. The summed E-state index contributed by atoms with van der Waals surface area (Å²) in [7, 11) is 0. The molecule has 0 radical (unpaired) electrons. The predicted molar refractivity (Wildman–Crippen MR) is 130 cm³/mol. The average molecular weight is 477 g/mol. The predicted octanol–water partition coefficient (Wildman–Crippen LogP) is 3.20. The lowest BCUT2D eigenvalue weighted by atomic mass is 9.95. The minimum absolute atomic E-state index is 0.0317. The van der Waals surface area contributed by atoms with Gasteiger partial charge in [-0.2, -0.15) is 0 Å². The van der Waals surface area contributed by atoms with E-state index in [0.29, 0.717) is 30.4 Å². The molecule has 32 heavy (non-hydrogen) atoms. The molecule has 2 aromatic rings. The summed E-state index contributed by atoms with van der Waals surface area (Å²) < 4.78 is 0. The fourth-order valence-electron chi connectivity index (χ4n) is 4.77. The number of aromatic amines is 1. The Morgan fingerprint density at radius 1 is 1.19 bits per heavy atom. The van der Waals surface area contributed by atoms with Gasteiger partial charge in [0.05, 0.1) is 16.9 Å². The number of nitrogens with zero attached hydrogens (tertiary/aromatic N) is 3. The number of aryl methyl sites for hydroxylation is 2. The van der Waals surface area contributed by atoms with E-state index in [2.05, 4.69) is 9.97 Å². The number of likely N-dealkylation sites (tertiary alicyclic amines) is 1. The monoisotopic (exact) mass is 476 g/mol. The maximum absolute atomic E-state index is 12.6. The Labute approximate surface area is 197 Å². The Morgan fingerprint density at radius 3 is 2.62 bits per heavy atom. The molecular formula is C23H32N4O3S2. The number of nitrogens with one attached hydrogen (secondary N) is 1. The van der Waals surface area contributed by atoms with E-state index in [4.69, 9.17) is 0 Å². The smallest absolute Gasteiger partial charge is 0.259 e. The summed E-state index contributed by atoms with van der Waals surface area (Å²) in [4.78, 5) is 51.3. The molecule has 4 rings (SSSR count). The van der Waals surface area contributed by atoms with Crippen LogP contribution in [0.4, 0.5) is 0 Å². The number of thioether (sulfide) groups is 1. The molecular weight excluding hydrogens is 444 g/mol. The number of carbonyl (C=O) groups excluding carboxylic acids is 2. The van der Waals surface area contributed by atoms with Crippen LogP contribution in [0.25, 0.3) is 10.2 Å². The van der Waals surface area contributed by atoms with Gasteiger partial charge in [-0.25, -0.2) is 4.98 Å². The minimum atomic E-state index is -0.0451. The molecule has 1 N–H and O–H groups in total. The summed E-state index contributed by atoms with van der Waals surface area (Å²) >= 11 is 3.14. The van der Waals surface area contributed by atoms with E-state index in [1.807, 2.05) is 23.6 Å². The first-order chi connectivity index (χ1) is 15.5. The van der Waals surface area contributed by atoms with Gasteiger partial charge in [-0.05, 0) is 57.9 Å². The quantitative estimate of drug-likeness (QED) is 0.663. The number of amides is 2. The van der Waals surface area contributed by atoms with E-state index in [1.165, 1.54) is 28.6 Å². The van der Waals surface area contributed by atoms with Crippen molar-refractivity contribution in [1.29, 1.82) is 0 Å². The molecule has 1 aliphatic heterocycles. The van der Waals surface area contributed by atoms with Crippen molar-refractivity contribution in [2.45, 2.75) is 58.1 Å². The highest BCUT2D eigenvalue weighted by Crippen LogP contribution is 2.33. The maximum atomic E-state index is 12.6. The van der Waals surface area contributed by atoms with Crippen LogP contribution in [0.3, 0.4) is 0 Å². The van der Waals surface area contributed by atoms with Gasteiger partial charge in [0.1, 0.15) is 10.7 Å². The van der Waals surface area contributed by atoms with Crippen LogP contribution in [0.2, 0.25) is 0 Å². The van der Waals surface area contributed by atoms with Crippen LogP contribution in [0.1, 0.15) is 55.8 Å². The first kappa shape index (κ1) is 23.3. The number of hydrogen-bond acceptors (Lipinski definition) is 6. The average Bonchev–Trinajstić information content (AvgIpc) is 3.18. The van der Waals surface area contributed by atoms with Gasteiger partial charge in [0.15, 0.2) is 0 Å². The molecule has 9 heteroatoms. The zero-order valence-corrected chi connectivity index (χ0v) is 20.6. The SMILES string of the molecule is CCN(CC)C(=O)C1CCN(C(=O)CSCc2nc3sc4c(c3c(=O)[nH]2)CCCC4)CC1. The van der Waals surface area contributed by atoms with Gasteiger partial charge >= 0.3 is 0 Å². The summed E-state index contributed by atoms with van der Waals surface area (Å²) in [5.41, 5.74) is 1.15. The second kappa shape index (κ2) is 10.4. The van der Waals surface area contributed by atoms with E-state index >= 15 is 0 Å². The third-order valence-electron chi connectivity index (χ3n) is 6.61. The molecule has 0 aromatic carbocycles. The van der Waals surface area contributed by atoms with Gasteiger partial charge < -0.3 is 14.8 Å². The summed E-state index contributed by atoms with van der Waals surface area (Å²) in [6.45, 7) is 6.76. The van der Waals surface area contributed by atoms with Gasteiger partial charge in [0.2, 0.25) is 11.8 Å². The molecule has 0 spiro atoms. The molecule has 2 amide bonds. The number of hydrogen-bond donors (Lipinski definition) is 1. The van der Waals surface area contributed by atoms with Crippen LogP contribution >= 0.6 is 23.1 Å². The molecule has 2 aromatic heterocycles. The van der Waals surface area contributed by atoms with Gasteiger partial charge in [-0.1, -0.05) is 0 Å². The second-order valence-corrected chi connectivity index (χ2v) is 10.6. The molecule has 174 valence electrons. The van der Waals surface area contributed by atoms with Crippen LogP contribution in [0, 0.1) is 5.92 Å². The van der Waals surface area contributed by atoms with Crippen molar-refractivity contribution < 1.29 is 9.59 Å². The zero-order valence-electron chi connectivity index (χ0n) is 18.9. The lowest BCUT2D eigenvalue weighted by molar-refractivity contribution is -0.139. The summed E-state index contributed by atoms with van der Waals surface area (Å²) in [5, 5.41) is 0.775. The van der Waals surface area contributed by atoms with E-state index in [9.17, 15) is 14.4 Å². The van der Waals surface area contributed by atoms with Gasteiger partial charge in [0, 0.05) is 37.0 Å². The Kier molecular flexibility index (Phi) is 7.55. The number of fused-ring (bicyclic) bond motifs is 3. The molecule has 2 aliphatic rings. The Morgan fingerprint density at radius 2 is 1.91 bits per heavy atom. The van der Waals surface area contributed by atoms with Crippen LogP contribution in [-0.2, 0) is 28.2 Å². The standard InChI is InChI=1S/C23H32N4O3S2/c1-3-26(4-2)23(30)15-9-11-27(12-10-15)19(28)14-31-13-18-24-21(29)20-16-7-5-6-8-17(16)32-22(20)25-18/h15H,3-14H2,1-2H3,(H,24,25,29). The molecule has 1 fully saturated rings. The van der Waals surface area contributed by atoms with Crippen LogP contribution in [0.5, 0.6) is 0 Å². The first-order valence-corrected chi connectivity index (χ1v) is 13.7. The van der Waals surface area contributed by atoms with Crippen molar-refractivity contribution in [2.75, 3.05) is 31.9 Å². The third kappa shape index (κ3) is 4.88. The highest BCUT2D eigenvalue weighted by Gasteiger charge is 2.29. The van der Waals surface area contributed by atoms with E-state index in [1.54, 1.807) is 11.3 Å². The first-order valence-electron chi connectivity index (χ1n) is 11.7. The summed E-state index contributed by atoms with van der Waals surface area (Å²) in [5.74, 6) is 1.86. The lowest BCUT2D eigenvalue weighted by Gasteiger charge is -2.33. The third-order valence-corrected chi connectivity index (χ3v) is 8.72. The van der Waals surface area contributed by atoms with Crippen LogP contribution in [-0.4, -0.2) is 63.5 Å². The van der Waals surface area contributed by atoms with E-state index in [0.717, 1.165) is 55.4 Å². The second-order valence-electron chi connectivity index (χ2n) is 8.56. The van der Waals surface area contributed by atoms with E-state index in [-0.39, 0.29) is 23.3 Å². The Bertz CT molecular complexity index is 1040. The normalized spacial score (nSPS) is 16.9. The molecule has 0 bridgehead atoms. The van der Waals surface area contributed by atoms with Gasteiger partial charge in [0.25, 0.3) is 5.56 Å². The minimum Gasteiger partial charge on any atom is -0.343 e. The number of aromatic nitrogens is 2. The molecule has 3 heterocycles. The zero-order chi connectivity index (χ0) is 22.7. The Balaban J connectivity index is 1.29. The van der Waals surface area contributed by atoms with Crippen molar-refractivity contribution in [3.8, 4) is 0 Å². The largest absolute Gasteiger partial charge is 0.343 e. The molecule has 0 atom stereocenters. The van der Waals surface area contributed by atoms with Crippen molar-refractivity contribution in [1.82, 2.24) is 19.8 Å². The van der Waals surface area contributed by atoms with Gasteiger partial charge in [-0.3, -0.25) is 14.4 Å². The fourth-order valence-corrected chi connectivity index (χ4v) is 6.84. The lowest BCUT2D eigenvalue weighted by Crippen LogP contribution is -2.44. The highest BCUT2D eigenvalue weighted by molar-refractivity contribution is 7.99. The maximum Gasteiger partial charge on any atom is 0.259 e. The van der Waals surface area contributed by atoms with Crippen molar-refractivity contribution in [3.05, 3.63) is 26.6 Å². The number of piperidine rings is 1. The number of thiophene rings is 1. The molecule has 7 nitrogen and oxygen atoms in total. The van der Waals surface area contributed by atoms with Gasteiger partial charge in [-0.15, -0.1) is 23.1 Å². The van der Waals surface area contributed by atoms with Crippen molar-refractivity contribution in [2.24, 2.45) is 5.92 Å². The summed E-state index contributed by atoms with van der Waals surface area (Å²) in [6, 6.07) is 0. The molecule has 1 aliphatic carbocycles. The van der Waals surface area contributed by atoms with Crippen molar-refractivity contribution in [3.63, 3.8) is 0 Å². The highest BCUT2D eigenvalue weighted by atomic mass is 32.2. The number of H-pyrrole nitrogens is 1. The molecule has 0 unspecified atom stereocenters. The van der Waals surface area contributed by atoms with E-state index < -0.39 is 0 Å². The topological polar surface area (TPSA) is 86.4 Å². The Hall–Kier alpha value is -1.87. The number of carbonyl (C=O) groups is 2. The molecule has 1 saturated heterocycles. The van der Waals surface area contributed by atoms with Crippen LogP contribution < -0.4 is 5.56 Å². The summed E-state index contributed by atoms with van der Waals surface area (Å²) in [6.07, 6.45) is 5.81. The fraction of sp³-hybridized carbons (Fsp3) is 0.652. The van der Waals surface area contributed by atoms with Crippen LogP contribution in [0.15, 0.2) is 4.79 Å². The molecule has 0 saturated carbocycles. The van der Waals surface area contributed by atoms with Crippen molar-refractivity contribution >= 4 is 45.1 Å².